The van der Waals surface area contributed by atoms with Crippen molar-refractivity contribution in [3.05, 3.63) is 105 Å². The number of hydrogen-bond donors (Lipinski definition) is 1. The molecule has 0 atom stereocenters. The van der Waals surface area contributed by atoms with Gasteiger partial charge < -0.3 is 14.4 Å². The van der Waals surface area contributed by atoms with Gasteiger partial charge >= 0.3 is 12.1 Å². The van der Waals surface area contributed by atoms with Gasteiger partial charge in [0.1, 0.15) is 5.75 Å². The molecule has 1 N–H and O–H groups in total. The molecule has 0 fully saturated rings. The van der Waals surface area contributed by atoms with Crippen molar-refractivity contribution in [3.8, 4) is 16.9 Å². The highest BCUT2D eigenvalue weighted by Crippen LogP contribution is 2.42. The topological polar surface area (TPSA) is 81.4 Å². The van der Waals surface area contributed by atoms with Crippen molar-refractivity contribution in [1.82, 2.24) is 9.55 Å². The van der Waals surface area contributed by atoms with Crippen LogP contribution in [0.4, 0.5) is 13.2 Å². The number of pyridine rings is 2. The third-order valence-electron chi connectivity index (χ3n) is 7.39. The lowest BCUT2D eigenvalue weighted by Gasteiger charge is -2.22. The van der Waals surface area contributed by atoms with E-state index in [1.807, 2.05) is 18.2 Å². The number of halogens is 3. The van der Waals surface area contributed by atoms with E-state index in [4.69, 9.17) is 4.74 Å². The Morgan fingerprint density at radius 2 is 1.93 bits per heavy atom. The zero-order valence-corrected chi connectivity index (χ0v) is 21.4. The Kier molecular flexibility index (Phi) is 6.09. The summed E-state index contributed by atoms with van der Waals surface area (Å²) in [6.07, 6.45) is -2.35. The molecule has 0 amide bonds. The van der Waals surface area contributed by atoms with Gasteiger partial charge in [-0.1, -0.05) is 12.1 Å². The van der Waals surface area contributed by atoms with Gasteiger partial charge in [0.05, 0.1) is 36.2 Å². The first-order valence-corrected chi connectivity index (χ1v) is 12.7. The fraction of sp³-hybridized carbons (Fsp3) is 0.194. The normalized spacial score (nSPS) is 13.0. The van der Waals surface area contributed by atoms with Gasteiger partial charge in [-0.3, -0.25) is 14.6 Å². The van der Waals surface area contributed by atoms with Crippen molar-refractivity contribution in [2.24, 2.45) is 0 Å². The highest BCUT2D eigenvalue weighted by atomic mass is 19.4. The minimum absolute atomic E-state index is 0.0901. The Bertz CT molecular complexity index is 1880. The van der Waals surface area contributed by atoms with E-state index in [0.29, 0.717) is 63.0 Å². The first-order chi connectivity index (χ1) is 19.1. The molecule has 0 unspecified atom stereocenters. The number of fused-ring (bicyclic) bond motifs is 1. The molecule has 6 nitrogen and oxygen atoms in total. The van der Waals surface area contributed by atoms with Crippen LogP contribution in [0.25, 0.3) is 32.9 Å². The van der Waals surface area contributed by atoms with E-state index in [1.165, 1.54) is 16.7 Å². The van der Waals surface area contributed by atoms with Gasteiger partial charge in [0.2, 0.25) is 0 Å². The largest absolute Gasteiger partial charge is 0.493 e. The highest BCUT2D eigenvalue weighted by Gasteiger charge is 2.30. The fourth-order valence-electron chi connectivity index (χ4n) is 5.59. The third kappa shape index (κ3) is 4.37. The molecule has 40 heavy (non-hydrogen) atoms. The highest BCUT2D eigenvalue weighted by molar-refractivity contribution is 6.08. The zero-order valence-electron chi connectivity index (χ0n) is 21.4. The van der Waals surface area contributed by atoms with Crippen LogP contribution in [0.15, 0.2) is 71.7 Å². The lowest BCUT2D eigenvalue weighted by Crippen LogP contribution is -2.21. The number of nitrogens with zero attached hydrogens (tertiary/aromatic N) is 2. The average molecular weight is 545 g/mol. The molecular formula is C31H23F3N2O4. The Hall–Kier alpha value is -4.66. The van der Waals surface area contributed by atoms with Crippen molar-refractivity contribution in [1.29, 1.82) is 0 Å². The lowest BCUT2D eigenvalue weighted by atomic mass is 9.87. The summed E-state index contributed by atoms with van der Waals surface area (Å²) in [5.41, 5.74) is 3.89. The predicted molar refractivity (Wildman–Crippen MR) is 145 cm³/mol. The number of aliphatic carboxylic acids is 1. The second-order valence-electron chi connectivity index (χ2n) is 9.91. The number of hydrogen-bond acceptors (Lipinski definition) is 4. The molecule has 6 rings (SSSR count). The number of ether oxygens (including phenoxy) is 1. The van der Waals surface area contributed by atoms with Gasteiger partial charge in [0.15, 0.2) is 0 Å². The molecule has 0 saturated heterocycles. The maximum absolute atomic E-state index is 13.4. The van der Waals surface area contributed by atoms with Crippen molar-refractivity contribution in [2.45, 2.75) is 32.5 Å². The van der Waals surface area contributed by atoms with E-state index in [2.05, 4.69) is 4.98 Å². The number of carboxylic acids is 1. The van der Waals surface area contributed by atoms with Crippen LogP contribution >= 0.6 is 0 Å². The van der Waals surface area contributed by atoms with Crippen molar-refractivity contribution >= 4 is 27.8 Å². The summed E-state index contributed by atoms with van der Waals surface area (Å²) in [6.45, 7) is 2.23. The summed E-state index contributed by atoms with van der Waals surface area (Å²) in [5.74, 6) is -0.314. The minimum atomic E-state index is -4.51. The van der Waals surface area contributed by atoms with Gasteiger partial charge in [-0.2, -0.15) is 13.2 Å². The van der Waals surface area contributed by atoms with Crippen molar-refractivity contribution in [3.63, 3.8) is 0 Å². The number of rotatable bonds is 5. The molecule has 0 bridgehead atoms. The summed E-state index contributed by atoms with van der Waals surface area (Å²) < 4.78 is 47.4. The number of carboxylic acid groups (broad SMARTS) is 1. The Morgan fingerprint density at radius 1 is 1.10 bits per heavy atom. The Balaban J connectivity index is 1.64. The van der Waals surface area contributed by atoms with Crippen LogP contribution in [0.3, 0.4) is 0 Å². The third-order valence-corrected chi connectivity index (χ3v) is 7.39. The van der Waals surface area contributed by atoms with Gasteiger partial charge in [0, 0.05) is 35.0 Å². The van der Waals surface area contributed by atoms with Crippen LogP contribution in [-0.2, 0) is 30.4 Å². The maximum atomic E-state index is 13.4. The molecule has 9 heteroatoms. The van der Waals surface area contributed by atoms with Gasteiger partial charge in [-0.05, 0) is 77.2 Å². The molecule has 202 valence electrons. The summed E-state index contributed by atoms with van der Waals surface area (Å²) in [5, 5.41) is 11.3. The second kappa shape index (κ2) is 9.51. The number of aromatic nitrogens is 2. The van der Waals surface area contributed by atoms with E-state index < -0.39 is 17.7 Å². The summed E-state index contributed by atoms with van der Waals surface area (Å²) in [6, 6.07) is 15.3. The first kappa shape index (κ1) is 25.6. The van der Waals surface area contributed by atoms with E-state index in [9.17, 15) is 27.9 Å². The van der Waals surface area contributed by atoms with E-state index >= 15 is 0 Å². The molecule has 0 spiro atoms. The summed E-state index contributed by atoms with van der Waals surface area (Å²) >= 11 is 0. The van der Waals surface area contributed by atoms with E-state index in [-0.39, 0.29) is 18.5 Å². The molecule has 0 saturated carbocycles. The SMILES string of the molecule is Cc1cc2c(ccc(=O)n2Cc2cccc(C(F)(F)F)c2)c(-c2ccc3c4c(ccnc24)CCO3)c1CC(=O)O. The quantitative estimate of drug-likeness (QED) is 0.287. The molecule has 3 heterocycles. The van der Waals surface area contributed by atoms with E-state index in [1.54, 1.807) is 31.3 Å². The van der Waals surface area contributed by atoms with Crippen LogP contribution in [0, 0.1) is 6.92 Å². The monoisotopic (exact) mass is 544 g/mol. The van der Waals surface area contributed by atoms with Crippen LogP contribution in [-0.4, -0.2) is 27.2 Å². The summed E-state index contributed by atoms with van der Waals surface area (Å²) in [4.78, 5) is 29.7. The molecule has 0 aliphatic carbocycles. The number of carbonyl (C=O) groups is 1. The van der Waals surface area contributed by atoms with Crippen LogP contribution < -0.4 is 10.3 Å². The zero-order chi connectivity index (χ0) is 28.2. The number of aryl methyl sites for hydroxylation is 1. The number of benzene rings is 3. The van der Waals surface area contributed by atoms with Gasteiger partial charge in [0.25, 0.3) is 5.56 Å². The van der Waals surface area contributed by atoms with Gasteiger partial charge in [-0.25, -0.2) is 0 Å². The van der Waals surface area contributed by atoms with Crippen LogP contribution in [0.5, 0.6) is 5.75 Å². The molecule has 3 aromatic carbocycles. The molecular weight excluding hydrogens is 521 g/mol. The average Bonchev–Trinajstić information content (AvgIpc) is 2.91. The van der Waals surface area contributed by atoms with Crippen LogP contribution in [0.1, 0.15) is 27.8 Å². The predicted octanol–water partition coefficient (Wildman–Crippen LogP) is 6.15. The first-order valence-electron chi connectivity index (χ1n) is 12.7. The second-order valence-corrected chi connectivity index (χ2v) is 9.91. The van der Waals surface area contributed by atoms with Gasteiger partial charge in [-0.15, -0.1) is 0 Å². The van der Waals surface area contributed by atoms with Crippen molar-refractivity contribution < 1.29 is 27.8 Å². The molecule has 2 aromatic heterocycles. The molecule has 1 aliphatic rings. The maximum Gasteiger partial charge on any atom is 0.416 e. The number of alkyl halides is 3. The van der Waals surface area contributed by atoms with Crippen LogP contribution in [0.2, 0.25) is 0 Å². The molecule has 0 radical (unpaired) electrons. The van der Waals surface area contributed by atoms with E-state index in [0.717, 1.165) is 23.1 Å². The minimum Gasteiger partial charge on any atom is -0.493 e. The molecule has 1 aliphatic heterocycles. The Labute approximate surface area is 226 Å². The Morgan fingerprint density at radius 3 is 2.70 bits per heavy atom. The lowest BCUT2D eigenvalue weighted by molar-refractivity contribution is -0.138. The summed E-state index contributed by atoms with van der Waals surface area (Å²) in [7, 11) is 0. The fourth-order valence-corrected chi connectivity index (χ4v) is 5.59. The standard InChI is InChI=1S/C31H23F3N2O4/c1-17-13-24-21(6-8-26(37)36(24)16-18-3-2-4-20(14-18)31(32,33)34)29(23(17)15-27(38)39)22-5-7-25-28-19(10-12-40-25)9-11-35-30(22)28/h2-9,11,13-14H,10,12,15-16H2,1H3,(H,38,39). The van der Waals surface area contributed by atoms with Crippen molar-refractivity contribution in [2.75, 3.05) is 6.61 Å². The smallest absolute Gasteiger partial charge is 0.416 e. The molecule has 5 aromatic rings.